The van der Waals surface area contributed by atoms with E-state index in [0.717, 1.165) is 51.4 Å². The van der Waals surface area contributed by atoms with E-state index in [-0.39, 0.29) is 18.5 Å². The van der Waals surface area contributed by atoms with Gasteiger partial charge in [-0.05, 0) is 83.5 Å². The van der Waals surface area contributed by atoms with Crippen LogP contribution in [0.2, 0.25) is 0 Å². The first-order valence-electron chi connectivity index (χ1n) is 34.4. The summed E-state index contributed by atoms with van der Waals surface area (Å²) in [4.78, 5) is 24.6. The summed E-state index contributed by atoms with van der Waals surface area (Å²) >= 11 is 0. The normalized spacial score (nSPS) is 12.8. The monoisotopic (exact) mass is 1080 g/mol. The zero-order chi connectivity index (χ0) is 55.7. The van der Waals surface area contributed by atoms with Crippen molar-refractivity contribution in [3.63, 3.8) is 0 Å². The molecule has 452 valence electrons. The molecule has 6 heteroatoms. The van der Waals surface area contributed by atoms with E-state index in [2.05, 4.69) is 55.6 Å². The molecule has 0 aromatic carbocycles. The number of ether oxygens (including phenoxy) is 1. The summed E-state index contributed by atoms with van der Waals surface area (Å²) in [5.74, 6) is -0.0705. The Morgan fingerprint density at radius 1 is 0.364 bits per heavy atom. The molecule has 1 amide bonds. The summed E-state index contributed by atoms with van der Waals surface area (Å²) in [7, 11) is 0. The van der Waals surface area contributed by atoms with Crippen LogP contribution in [-0.2, 0) is 14.3 Å². The van der Waals surface area contributed by atoms with Crippen LogP contribution in [0, 0.1) is 0 Å². The smallest absolute Gasteiger partial charge is 0.305 e. The van der Waals surface area contributed by atoms with E-state index in [1.54, 1.807) is 6.08 Å². The largest absolute Gasteiger partial charge is 0.466 e. The van der Waals surface area contributed by atoms with Gasteiger partial charge in [0.15, 0.2) is 0 Å². The number of nitrogens with one attached hydrogen (secondary N) is 1. The Bertz CT molecular complexity index is 1290. The second kappa shape index (κ2) is 66.3. The Balaban J connectivity index is 3.44. The van der Waals surface area contributed by atoms with Gasteiger partial charge in [-0.15, -0.1) is 0 Å². The van der Waals surface area contributed by atoms with Crippen LogP contribution in [0.25, 0.3) is 0 Å². The molecule has 3 N–H and O–H groups in total. The second-order valence-electron chi connectivity index (χ2n) is 23.5. The van der Waals surface area contributed by atoms with Crippen molar-refractivity contribution in [1.29, 1.82) is 0 Å². The van der Waals surface area contributed by atoms with Gasteiger partial charge in [0.2, 0.25) is 5.91 Å². The molecule has 0 aliphatic heterocycles. The van der Waals surface area contributed by atoms with Gasteiger partial charge in [0.05, 0.1) is 25.4 Å². The van der Waals surface area contributed by atoms with E-state index in [1.807, 2.05) is 6.08 Å². The fourth-order valence-electron chi connectivity index (χ4n) is 10.6. The van der Waals surface area contributed by atoms with Crippen molar-refractivity contribution in [1.82, 2.24) is 5.32 Å². The minimum atomic E-state index is -0.848. The average Bonchev–Trinajstić information content (AvgIpc) is 3.43. The van der Waals surface area contributed by atoms with Crippen LogP contribution in [0.1, 0.15) is 367 Å². The minimum absolute atomic E-state index is 0.00231. The maximum Gasteiger partial charge on any atom is 0.305 e. The maximum atomic E-state index is 12.5. The van der Waals surface area contributed by atoms with E-state index in [0.29, 0.717) is 19.4 Å². The molecular formula is C71H133NO5. The lowest BCUT2D eigenvalue weighted by molar-refractivity contribution is -0.143. The van der Waals surface area contributed by atoms with Gasteiger partial charge in [0.1, 0.15) is 0 Å². The van der Waals surface area contributed by atoms with Crippen molar-refractivity contribution < 1.29 is 24.5 Å². The number of aliphatic hydroxyl groups excluding tert-OH is 2. The number of allylic oxidation sites excluding steroid dienone is 7. The molecule has 0 aliphatic rings. The minimum Gasteiger partial charge on any atom is -0.466 e. The highest BCUT2D eigenvalue weighted by atomic mass is 16.5. The van der Waals surface area contributed by atoms with E-state index >= 15 is 0 Å². The number of rotatable bonds is 64. The number of hydrogen-bond acceptors (Lipinski definition) is 5. The van der Waals surface area contributed by atoms with E-state index in [4.69, 9.17) is 4.74 Å². The molecule has 0 saturated carbocycles. The summed E-state index contributed by atoms with van der Waals surface area (Å²) in [5.41, 5.74) is 0. The van der Waals surface area contributed by atoms with Crippen molar-refractivity contribution in [2.45, 2.75) is 379 Å². The fourth-order valence-corrected chi connectivity index (χ4v) is 10.6. The predicted octanol–water partition coefficient (Wildman–Crippen LogP) is 22.1. The lowest BCUT2D eigenvalue weighted by Crippen LogP contribution is -2.45. The molecule has 0 spiro atoms. The van der Waals surface area contributed by atoms with Gasteiger partial charge < -0.3 is 20.3 Å². The molecule has 0 aromatic heterocycles. The molecule has 0 rings (SSSR count). The fraction of sp³-hybridized carbons (Fsp3) is 0.859. The number of carbonyl (C=O) groups is 2. The van der Waals surface area contributed by atoms with Gasteiger partial charge in [0.25, 0.3) is 0 Å². The lowest BCUT2D eigenvalue weighted by atomic mass is 10.0. The van der Waals surface area contributed by atoms with Gasteiger partial charge in [-0.1, -0.05) is 319 Å². The quantitative estimate of drug-likeness (QED) is 0.0320. The number of esters is 1. The van der Waals surface area contributed by atoms with Gasteiger partial charge in [-0.25, -0.2) is 0 Å². The predicted molar refractivity (Wildman–Crippen MR) is 338 cm³/mol. The number of carbonyl (C=O) groups excluding carboxylic acids is 2. The van der Waals surface area contributed by atoms with Gasteiger partial charge in [-0.2, -0.15) is 0 Å². The third-order valence-corrected chi connectivity index (χ3v) is 15.8. The summed E-state index contributed by atoms with van der Waals surface area (Å²) in [5, 5.41) is 23.2. The Morgan fingerprint density at radius 2 is 0.675 bits per heavy atom. The summed E-state index contributed by atoms with van der Waals surface area (Å²) in [6.45, 7) is 4.86. The summed E-state index contributed by atoms with van der Waals surface area (Å²) in [6.07, 6.45) is 86.1. The van der Waals surface area contributed by atoms with Gasteiger partial charge in [-0.3, -0.25) is 9.59 Å². The summed E-state index contributed by atoms with van der Waals surface area (Å²) < 4.78 is 5.47. The molecule has 6 nitrogen and oxygen atoms in total. The van der Waals surface area contributed by atoms with E-state index < -0.39 is 12.1 Å². The molecule has 0 aromatic rings. The van der Waals surface area contributed by atoms with Crippen LogP contribution in [0.5, 0.6) is 0 Å². The average molecular weight is 1080 g/mol. The SMILES string of the molecule is CCC/C=C\C/C=C\CCCCCCCC(=O)OCCCCCCCCCCCCCC/C=C\CCCCCCCCCCCC(=O)NC(CO)C(O)/C=C/CCCCCCCCCCCCCCCCCCCCCC. The number of unbranched alkanes of at least 4 members (excludes halogenated alkanes) is 47. The molecule has 2 unspecified atom stereocenters. The highest BCUT2D eigenvalue weighted by molar-refractivity contribution is 5.76. The Kier molecular flexibility index (Phi) is 64.5. The highest BCUT2D eigenvalue weighted by Crippen LogP contribution is 2.18. The first-order chi connectivity index (χ1) is 38.0. The first-order valence-corrected chi connectivity index (χ1v) is 34.4. The van der Waals surface area contributed by atoms with Crippen molar-refractivity contribution in [3.05, 3.63) is 48.6 Å². The molecule has 0 saturated heterocycles. The molecule has 0 bridgehead atoms. The molecule has 77 heavy (non-hydrogen) atoms. The van der Waals surface area contributed by atoms with Crippen molar-refractivity contribution in [3.8, 4) is 0 Å². The van der Waals surface area contributed by atoms with Gasteiger partial charge >= 0.3 is 5.97 Å². The van der Waals surface area contributed by atoms with Crippen LogP contribution < -0.4 is 5.32 Å². The number of aliphatic hydroxyl groups is 2. The lowest BCUT2D eigenvalue weighted by Gasteiger charge is -2.20. The third kappa shape index (κ3) is 62.9. The van der Waals surface area contributed by atoms with Crippen LogP contribution in [0.4, 0.5) is 0 Å². The molecule has 2 atom stereocenters. The Hall–Kier alpha value is -2.18. The zero-order valence-electron chi connectivity index (χ0n) is 51.7. The van der Waals surface area contributed by atoms with Gasteiger partial charge in [0, 0.05) is 12.8 Å². The molecule has 0 fully saturated rings. The maximum absolute atomic E-state index is 12.5. The van der Waals surface area contributed by atoms with E-state index in [1.165, 1.54) is 289 Å². The standard InChI is InChI=1S/C71H133NO5/c1-3-5-7-9-11-13-15-17-18-19-20-21-27-30-33-36-40-43-47-51-55-59-63-69(74)68(67-73)72-70(75)64-60-56-52-48-44-41-37-34-31-28-25-23-22-24-26-29-32-35-38-42-46-50-54-58-62-66-77-71(76)65-61-57-53-49-45-39-16-14-12-10-8-6-4-2/h8,10,14,16,23,25,59,63,68-69,73-74H,3-7,9,11-13,15,17-22,24,26-58,60-62,64-67H2,1-2H3,(H,72,75)/b10-8-,16-14-,25-23-,63-59+. The Labute approximate surface area is 480 Å². The van der Waals surface area contributed by atoms with Crippen molar-refractivity contribution in [2.24, 2.45) is 0 Å². The van der Waals surface area contributed by atoms with Crippen molar-refractivity contribution in [2.75, 3.05) is 13.2 Å². The van der Waals surface area contributed by atoms with Crippen LogP contribution in [0.15, 0.2) is 48.6 Å². The molecule has 0 heterocycles. The van der Waals surface area contributed by atoms with Crippen molar-refractivity contribution >= 4 is 11.9 Å². The first kappa shape index (κ1) is 74.8. The number of hydrogen-bond donors (Lipinski definition) is 3. The second-order valence-corrected chi connectivity index (χ2v) is 23.5. The Morgan fingerprint density at radius 3 is 1.05 bits per heavy atom. The van der Waals surface area contributed by atoms with Crippen LogP contribution in [0.3, 0.4) is 0 Å². The molecule has 0 radical (unpaired) electrons. The third-order valence-electron chi connectivity index (χ3n) is 15.8. The molecule has 0 aliphatic carbocycles. The zero-order valence-corrected chi connectivity index (χ0v) is 51.7. The highest BCUT2D eigenvalue weighted by Gasteiger charge is 2.18. The molecular weight excluding hydrogens is 947 g/mol. The van der Waals surface area contributed by atoms with Crippen LogP contribution in [-0.4, -0.2) is 47.4 Å². The van der Waals surface area contributed by atoms with Crippen LogP contribution >= 0.6 is 0 Å². The van der Waals surface area contributed by atoms with E-state index in [9.17, 15) is 19.8 Å². The summed E-state index contributed by atoms with van der Waals surface area (Å²) in [6, 6.07) is -0.632. The topological polar surface area (TPSA) is 95.9 Å². The number of amides is 1.